The van der Waals surface area contributed by atoms with Gasteiger partial charge in [-0.1, -0.05) is 30.3 Å². The number of aromatic nitrogens is 5. The van der Waals surface area contributed by atoms with Crippen LogP contribution in [0.3, 0.4) is 0 Å². The summed E-state index contributed by atoms with van der Waals surface area (Å²) in [5, 5.41) is 12.8. The zero-order valence-corrected chi connectivity index (χ0v) is 15.0. The van der Waals surface area contributed by atoms with Crippen LogP contribution in [0.25, 0.3) is 11.4 Å². The second-order valence-electron chi connectivity index (χ2n) is 6.79. The van der Waals surface area contributed by atoms with Gasteiger partial charge in [-0.05, 0) is 26.3 Å². The number of carbonyl (C=O) groups excluding carboxylic acids is 1. The molecule has 1 aliphatic rings. The molecule has 1 saturated heterocycles. The lowest BCUT2D eigenvalue weighted by Gasteiger charge is -2.18. The van der Waals surface area contributed by atoms with Gasteiger partial charge in [-0.2, -0.15) is 5.10 Å². The Balaban J connectivity index is 1.47. The number of hydrogen-bond acceptors (Lipinski definition) is 4. The first kappa shape index (κ1) is 16.5. The summed E-state index contributed by atoms with van der Waals surface area (Å²) in [6.45, 7) is 5.63. The van der Waals surface area contributed by atoms with E-state index < -0.39 is 0 Å². The Morgan fingerprint density at radius 2 is 2.04 bits per heavy atom. The van der Waals surface area contributed by atoms with Crippen LogP contribution in [0.2, 0.25) is 0 Å². The van der Waals surface area contributed by atoms with Crippen molar-refractivity contribution in [3.05, 3.63) is 54.1 Å². The normalized spacial score (nSPS) is 17.0. The minimum Gasteiger partial charge on any atom is -0.339 e. The minimum absolute atomic E-state index is 0.105. The van der Waals surface area contributed by atoms with Crippen molar-refractivity contribution in [1.29, 1.82) is 0 Å². The van der Waals surface area contributed by atoms with Gasteiger partial charge >= 0.3 is 0 Å². The quantitative estimate of drug-likeness (QED) is 0.724. The second-order valence-corrected chi connectivity index (χ2v) is 6.79. The van der Waals surface area contributed by atoms with E-state index in [1.807, 2.05) is 55.1 Å². The molecule has 3 aromatic rings. The van der Waals surface area contributed by atoms with Crippen LogP contribution >= 0.6 is 0 Å². The molecule has 1 atom stereocenters. The molecule has 7 nitrogen and oxygen atoms in total. The average Bonchev–Trinajstić information content (AvgIpc) is 3.35. The van der Waals surface area contributed by atoms with Gasteiger partial charge < -0.3 is 9.47 Å². The largest absolute Gasteiger partial charge is 0.339 e. The van der Waals surface area contributed by atoms with Gasteiger partial charge in [0.2, 0.25) is 5.91 Å². The Labute approximate surface area is 152 Å². The maximum atomic E-state index is 12.7. The highest BCUT2D eigenvalue weighted by Crippen LogP contribution is 2.27. The third kappa shape index (κ3) is 3.12. The Hall–Kier alpha value is -2.96. The standard InChI is InChI=1S/C19H22N6O/c1-14-10-15(2)25(22-14)12-18(26)23-9-8-17(11-23)24-13-20-21-19(24)16-6-4-3-5-7-16/h3-7,10,13,17H,8-9,11-12H2,1-2H3. The molecule has 1 unspecified atom stereocenters. The number of aryl methyl sites for hydroxylation is 2. The topological polar surface area (TPSA) is 68.8 Å². The molecular weight excluding hydrogens is 328 g/mol. The Kier molecular flexibility index (Phi) is 4.28. The first-order valence-corrected chi connectivity index (χ1v) is 8.85. The van der Waals surface area contributed by atoms with Crippen molar-refractivity contribution in [3.63, 3.8) is 0 Å². The van der Waals surface area contributed by atoms with Crippen molar-refractivity contribution in [3.8, 4) is 11.4 Å². The van der Waals surface area contributed by atoms with Crippen molar-refractivity contribution < 1.29 is 4.79 Å². The molecule has 1 aliphatic heterocycles. The molecular formula is C19H22N6O. The number of nitrogens with zero attached hydrogens (tertiary/aromatic N) is 6. The van der Waals surface area contributed by atoms with Crippen LogP contribution in [0.15, 0.2) is 42.7 Å². The molecule has 0 saturated carbocycles. The zero-order chi connectivity index (χ0) is 18.1. The van der Waals surface area contributed by atoms with Crippen molar-refractivity contribution >= 4 is 5.91 Å². The first-order chi connectivity index (χ1) is 12.6. The summed E-state index contributed by atoms with van der Waals surface area (Å²) in [5.41, 5.74) is 2.99. The van der Waals surface area contributed by atoms with E-state index in [1.54, 1.807) is 11.0 Å². The van der Waals surface area contributed by atoms with Crippen molar-refractivity contribution in [2.75, 3.05) is 13.1 Å². The fraction of sp³-hybridized carbons (Fsp3) is 0.368. The highest BCUT2D eigenvalue weighted by atomic mass is 16.2. The second kappa shape index (κ2) is 6.74. The van der Waals surface area contributed by atoms with Gasteiger partial charge in [-0.25, -0.2) is 0 Å². The number of rotatable bonds is 4. The van der Waals surface area contributed by atoms with E-state index in [2.05, 4.69) is 19.9 Å². The predicted octanol–water partition coefficient (Wildman–Crippen LogP) is 2.23. The van der Waals surface area contributed by atoms with Crippen LogP contribution in [0.4, 0.5) is 0 Å². The van der Waals surface area contributed by atoms with E-state index in [-0.39, 0.29) is 11.9 Å². The third-order valence-corrected chi connectivity index (χ3v) is 4.90. The SMILES string of the molecule is Cc1cc(C)n(CC(=O)N2CCC(n3cnnc3-c3ccccc3)C2)n1. The molecule has 0 spiro atoms. The van der Waals surface area contributed by atoms with E-state index in [0.717, 1.165) is 35.7 Å². The minimum atomic E-state index is 0.105. The summed E-state index contributed by atoms with van der Waals surface area (Å²) >= 11 is 0. The summed E-state index contributed by atoms with van der Waals surface area (Å²) in [5.74, 6) is 0.955. The molecule has 7 heteroatoms. The molecule has 2 aromatic heterocycles. The number of carbonyl (C=O) groups is 1. The van der Waals surface area contributed by atoms with E-state index in [9.17, 15) is 4.79 Å². The summed E-state index contributed by atoms with van der Waals surface area (Å²) in [4.78, 5) is 14.6. The highest BCUT2D eigenvalue weighted by molar-refractivity contribution is 5.76. The molecule has 0 N–H and O–H groups in total. The Morgan fingerprint density at radius 1 is 1.23 bits per heavy atom. The van der Waals surface area contributed by atoms with E-state index in [4.69, 9.17) is 0 Å². The van der Waals surface area contributed by atoms with Gasteiger partial charge in [0.1, 0.15) is 12.9 Å². The fourth-order valence-corrected chi connectivity index (χ4v) is 3.56. The van der Waals surface area contributed by atoms with Crippen molar-refractivity contribution in [1.82, 2.24) is 29.4 Å². The summed E-state index contributed by atoms with van der Waals surface area (Å²) in [7, 11) is 0. The van der Waals surface area contributed by atoms with Gasteiger partial charge in [-0.15, -0.1) is 10.2 Å². The highest BCUT2D eigenvalue weighted by Gasteiger charge is 2.29. The molecule has 1 aromatic carbocycles. The molecule has 0 bridgehead atoms. The summed E-state index contributed by atoms with van der Waals surface area (Å²) < 4.78 is 3.87. The lowest BCUT2D eigenvalue weighted by Crippen LogP contribution is -2.32. The lowest BCUT2D eigenvalue weighted by molar-refractivity contribution is -0.131. The number of amides is 1. The van der Waals surface area contributed by atoms with Gasteiger partial charge in [0.15, 0.2) is 5.82 Å². The molecule has 1 fully saturated rings. The smallest absolute Gasteiger partial charge is 0.244 e. The molecule has 4 rings (SSSR count). The first-order valence-electron chi connectivity index (χ1n) is 8.85. The monoisotopic (exact) mass is 350 g/mol. The maximum Gasteiger partial charge on any atom is 0.244 e. The molecule has 3 heterocycles. The summed E-state index contributed by atoms with van der Waals surface area (Å²) in [6, 6.07) is 12.2. The van der Waals surface area contributed by atoms with Gasteiger partial charge in [0.05, 0.1) is 11.7 Å². The van der Waals surface area contributed by atoms with Gasteiger partial charge in [0, 0.05) is 24.3 Å². The predicted molar refractivity (Wildman–Crippen MR) is 97.4 cm³/mol. The summed E-state index contributed by atoms with van der Waals surface area (Å²) in [6.07, 6.45) is 2.67. The van der Waals surface area contributed by atoms with Gasteiger partial charge in [-0.3, -0.25) is 9.48 Å². The van der Waals surface area contributed by atoms with Crippen molar-refractivity contribution in [2.45, 2.75) is 32.9 Å². The number of benzene rings is 1. The fourth-order valence-electron chi connectivity index (χ4n) is 3.56. The van der Waals surface area contributed by atoms with Crippen molar-refractivity contribution in [2.24, 2.45) is 0 Å². The third-order valence-electron chi connectivity index (χ3n) is 4.90. The lowest BCUT2D eigenvalue weighted by atomic mass is 10.2. The Morgan fingerprint density at radius 3 is 2.77 bits per heavy atom. The molecule has 26 heavy (non-hydrogen) atoms. The van der Waals surface area contributed by atoms with Crippen LogP contribution in [-0.4, -0.2) is 48.4 Å². The molecule has 0 radical (unpaired) electrons. The molecule has 0 aliphatic carbocycles. The molecule has 134 valence electrons. The average molecular weight is 350 g/mol. The maximum absolute atomic E-state index is 12.7. The van der Waals surface area contributed by atoms with E-state index in [1.165, 1.54) is 0 Å². The van der Waals surface area contributed by atoms with Crippen LogP contribution in [0, 0.1) is 13.8 Å². The van der Waals surface area contributed by atoms with E-state index >= 15 is 0 Å². The van der Waals surface area contributed by atoms with E-state index in [0.29, 0.717) is 13.1 Å². The molecule has 1 amide bonds. The zero-order valence-electron chi connectivity index (χ0n) is 15.0. The van der Waals surface area contributed by atoms with Gasteiger partial charge in [0.25, 0.3) is 0 Å². The number of hydrogen-bond donors (Lipinski definition) is 0. The van der Waals surface area contributed by atoms with Crippen LogP contribution in [-0.2, 0) is 11.3 Å². The van der Waals surface area contributed by atoms with Crippen LogP contribution in [0.5, 0.6) is 0 Å². The number of likely N-dealkylation sites (tertiary alicyclic amines) is 1. The van der Waals surface area contributed by atoms with Crippen LogP contribution in [0.1, 0.15) is 23.9 Å². The van der Waals surface area contributed by atoms with Crippen LogP contribution < -0.4 is 0 Å². The Bertz CT molecular complexity index is 913.